The van der Waals surface area contributed by atoms with Gasteiger partial charge in [-0.2, -0.15) is 0 Å². The van der Waals surface area contributed by atoms with Gasteiger partial charge in [0.2, 0.25) is 10.0 Å². The van der Waals surface area contributed by atoms with Gasteiger partial charge in [0, 0.05) is 18.1 Å². The van der Waals surface area contributed by atoms with Crippen LogP contribution in [-0.2, 0) is 16.4 Å². The minimum absolute atomic E-state index is 0.159. The minimum atomic E-state index is -3.61. The number of benzene rings is 3. The first-order valence-corrected chi connectivity index (χ1v) is 12.6. The third-order valence-corrected chi connectivity index (χ3v) is 7.13. The van der Waals surface area contributed by atoms with E-state index in [0.717, 1.165) is 5.56 Å². The van der Waals surface area contributed by atoms with Crippen molar-refractivity contribution in [2.45, 2.75) is 17.7 Å². The molecule has 2 amide bonds. The van der Waals surface area contributed by atoms with Gasteiger partial charge in [-0.15, -0.1) is 0 Å². The fourth-order valence-electron chi connectivity index (χ4n) is 3.67. The topological polar surface area (TPSA) is 92.8 Å². The van der Waals surface area contributed by atoms with Gasteiger partial charge in [-0.1, -0.05) is 35.9 Å². The summed E-state index contributed by atoms with van der Waals surface area (Å²) in [5.41, 5.74) is 1.79. The molecule has 4 rings (SSSR count). The van der Waals surface area contributed by atoms with E-state index in [1.54, 1.807) is 24.3 Å². The van der Waals surface area contributed by atoms with Crippen molar-refractivity contribution in [2.75, 3.05) is 19.7 Å². The first kappa shape index (κ1) is 23.9. The number of hydrogen-bond donors (Lipinski definition) is 1. The molecule has 0 bridgehead atoms. The van der Waals surface area contributed by atoms with Gasteiger partial charge in [0.05, 0.1) is 22.6 Å². The van der Waals surface area contributed by atoms with E-state index in [4.69, 9.17) is 16.3 Å². The van der Waals surface area contributed by atoms with E-state index < -0.39 is 10.0 Å². The Morgan fingerprint density at radius 3 is 2.24 bits per heavy atom. The summed E-state index contributed by atoms with van der Waals surface area (Å²) in [6.45, 7) is 0.840. The highest BCUT2D eigenvalue weighted by Gasteiger charge is 2.34. The number of rotatable bonds is 10. The summed E-state index contributed by atoms with van der Waals surface area (Å²) in [5.74, 6) is 0.0905. The van der Waals surface area contributed by atoms with E-state index in [0.29, 0.717) is 41.3 Å². The molecule has 176 valence electrons. The third-order valence-electron chi connectivity index (χ3n) is 5.40. The fraction of sp³-hybridized carbons (Fsp3) is 0.200. The maximum Gasteiger partial charge on any atom is 0.261 e. The Kier molecular flexibility index (Phi) is 7.31. The van der Waals surface area contributed by atoms with Gasteiger partial charge in [0.25, 0.3) is 11.8 Å². The molecule has 34 heavy (non-hydrogen) atoms. The molecule has 7 nitrogen and oxygen atoms in total. The number of hydrogen-bond acceptors (Lipinski definition) is 5. The predicted molar refractivity (Wildman–Crippen MR) is 129 cm³/mol. The number of nitrogens with one attached hydrogen (secondary N) is 1. The van der Waals surface area contributed by atoms with Crippen molar-refractivity contribution in [1.29, 1.82) is 0 Å². The summed E-state index contributed by atoms with van der Waals surface area (Å²) in [4.78, 5) is 26.2. The van der Waals surface area contributed by atoms with E-state index in [1.807, 2.05) is 24.3 Å². The van der Waals surface area contributed by atoms with Crippen molar-refractivity contribution >= 4 is 33.4 Å². The molecule has 1 heterocycles. The molecule has 3 aromatic rings. The molecule has 1 aliphatic rings. The molecule has 0 atom stereocenters. The molecule has 0 saturated heterocycles. The van der Waals surface area contributed by atoms with E-state index in [2.05, 4.69) is 4.72 Å². The van der Waals surface area contributed by atoms with Crippen LogP contribution in [0.15, 0.2) is 77.7 Å². The van der Waals surface area contributed by atoms with Crippen molar-refractivity contribution in [3.05, 3.63) is 94.5 Å². The van der Waals surface area contributed by atoms with Crippen LogP contribution in [0.5, 0.6) is 5.75 Å². The van der Waals surface area contributed by atoms with Gasteiger partial charge >= 0.3 is 0 Å². The number of nitrogens with zero attached hydrogens (tertiary/aromatic N) is 1. The molecule has 0 aromatic heterocycles. The molecule has 3 aromatic carbocycles. The molecule has 9 heteroatoms. The lowest BCUT2D eigenvalue weighted by Gasteiger charge is -2.14. The maximum atomic E-state index is 12.4. The van der Waals surface area contributed by atoms with Gasteiger partial charge in [0.1, 0.15) is 5.75 Å². The SMILES string of the molecule is O=C1c2ccccc2C(=O)N1CCCOc1cccc(CCNS(=O)(=O)c2ccc(Cl)cc2)c1. The van der Waals surface area contributed by atoms with E-state index in [-0.39, 0.29) is 29.8 Å². The van der Waals surface area contributed by atoms with Crippen LogP contribution in [0.3, 0.4) is 0 Å². The second-order valence-electron chi connectivity index (χ2n) is 7.76. The molecular formula is C25H23ClN2O5S. The Bertz CT molecular complexity index is 1270. The van der Waals surface area contributed by atoms with Crippen LogP contribution in [0.1, 0.15) is 32.7 Å². The fourth-order valence-corrected chi connectivity index (χ4v) is 4.83. The number of sulfonamides is 1. The van der Waals surface area contributed by atoms with Crippen LogP contribution < -0.4 is 9.46 Å². The molecule has 1 N–H and O–H groups in total. The number of halogens is 1. The monoisotopic (exact) mass is 498 g/mol. The lowest BCUT2D eigenvalue weighted by Crippen LogP contribution is -2.31. The zero-order chi connectivity index (χ0) is 24.1. The van der Waals surface area contributed by atoms with Gasteiger partial charge in [-0.25, -0.2) is 13.1 Å². The van der Waals surface area contributed by atoms with Gasteiger partial charge < -0.3 is 4.74 Å². The van der Waals surface area contributed by atoms with Gasteiger partial charge in [0.15, 0.2) is 0 Å². The van der Waals surface area contributed by atoms with Crippen LogP contribution in [0.4, 0.5) is 0 Å². The summed E-state index contributed by atoms with van der Waals surface area (Å²) < 4.78 is 33.1. The molecular weight excluding hydrogens is 476 g/mol. The minimum Gasteiger partial charge on any atom is -0.494 e. The first-order valence-electron chi connectivity index (χ1n) is 10.8. The van der Waals surface area contributed by atoms with Crippen LogP contribution in [-0.4, -0.2) is 44.8 Å². The number of carbonyl (C=O) groups excluding carboxylic acids is 2. The number of ether oxygens (including phenoxy) is 1. The number of imide groups is 1. The standard InChI is InChI=1S/C25H23ClN2O5S/c26-19-9-11-21(12-10-19)34(31,32)27-14-13-18-5-3-6-20(17-18)33-16-4-15-28-24(29)22-7-1-2-8-23(22)25(28)30/h1-3,5-12,17,27H,4,13-16H2. The smallest absolute Gasteiger partial charge is 0.261 e. The largest absolute Gasteiger partial charge is 0.494 e. The summed E-state index contributed by atoms with van der Waals surface area (Å²) in [7, 11) is -3.61. The van der Waals surface area contributed by atoms with Crippen LogP contribution in [0, 0.1) is 0 Å². The van der Waals surface area contributed by atoms with Crippen LogP contribution in [0.25, 0.3) is 0 Å². The normalized spacial score (nSPS) is 13.3. The highest BCUT2D eigenvalue weighted by molar-refractivity contribution is 7.89. The molecule has 0 saturated carbocycles. The number of amides is 2. The van der Waals surface area contributed by atoms with Gasteiger partial charge in [-0.05, 0) is 66.9 Å². The van der Waals surface area contributed by atoms with E-state index >= 15 is 0 Å². The highest BCUT2D eigenvalue weighted by Crippen LogP contribution is 2.22. The Balaban J connectivity index is 1.24. The Morgan fingerprint density at radius 1 is 0.882 bits per heavy atom. The van der Waals surface area contributed by atoms with Gasteiger partial charge in [-0.3, -0.25) is 14.5 Å². The molecule has 0 spiro atoms. The maximum absolute atomic E-state index is 12.4. The molecule has 0 fully saturated rings. The Morgan fingerprint density at radius 2 is 1.56 bits per heavy atom. The Labute approximate surface area is 203 Å². The first-order chi connectivity index (χ1) is 16.3. The zero-order valence-corrected chi connectivity index (χ0v) is 19.8. The lowest BCUT2D eigenvalue weighted by atomic mass is 10.1. The third kappa shape index (κ3) is 5.47. The van der Waals surface area contributed by atoms with Crippen LogP contribution in [0.2, 0.25) is 5.02 Å². The summed E-state index contributed by atoms with van der Waals surface area (Å²) >= 11 is 5.81. The summed E-state index contributed by atoms with van der Waals surface area (Å²) in [6, 6.07) is 20.2. The van der Waals surface area contributed by atoms with Crippen molar-refractivity contribution in [3.8, 4) is 5.75 Å². The molecule has 0 unspecified atom stereocenters. The average Bonchev–Trinajstić information content (AvgIpc) is 3.07. The summed E-state index contributed by atoms with van der Waals surface area (Å²) in [5, 5.41) is 0.472. The second-order valence-corrected chi connectivity index (χ2v) is 9.96. The quantitative estimate of drug-likeness (QED) is 0.338. The zero-order valence-electron chi connectivity index (χ0n) is 18.2. The van der Waals surface area contributed by atoms with E-state index in [9.17, 15) is 18.0 Å². The van der Waals surface area contributed by atoms with Crippen molar-refractivity contribution in [2.24, 2.45) is 0 Å². The molecule has 0 radical (unpaired) electrons. The van der Waals surface area contributed by atoms with Crippen molar-refractivity contribution < 1.29 is 22.7 Å². The number of fused-ring (bicyclic) bond motifs is 1. The highest BCUT2D eigenvalue weighted by atomic mass is 35.5. The average molecular weight is 499 g/mol. The van der Waals surface area contributed by atoms with Crippen molar-refractivity contribution in [3.63, 3.8) is 0 Å². The van der Waals surface area contributed by atoms with E-state index in [1.165, 1.54) is 29.2 Å². The predicted octanol–water partition coefficient (Wildman–Crippen LogP) is 3.93. The Hall–Kier alpha value is -3.20. The van der Waals surface area contributed by atoms with Crippen molar-refractivity contribution in [1.82, 2.24) is 9.62 Å². The second kappa shape index (κ2) is 10.4. The summed E-state index contributed by atoms with van der Waals surface area (Å²) in [6.07, 6.45) is 0.982. The molecule has 1 aliphatic heterocycles. The number of carbonyl (C=O) groups is 2. The van der Waals surface area contributed by atoms with Crippen LogP contribution >= 0.6 is 11.6 Å². The molecule has 0 aliphatic carbocycles. The lowest BCUT2D eigenvalue weighted by molar-refractivity contribution is 0.0646.